The minimum absolute atomic E-state index is 0. The van der Waals surface area contributed by atoms with E-state index in [-0.39, 0.29) is 40.7 Å². The minimum Gasteiger partial charge on any atom is -0.861 e. The largest absolute Gasteiger partial charge is 1.00 e. The van der Waals surface area contributed by atoms with Gasteiger partial charge in [0.25, 0.3) is 19.8 Å². The van der Waals surface area contributed by atoms with Crippen molar-refractivity contribution in [3.8, 4) is 28.0 Å². The average molecular weight is 1230 g/mol. The van der Waals surface area contributed by atoms with Crippen LogP contribution >= 0.6 is 7.94 Å². The number of carbonyl (C=O) groups is 6. The van der Waals surface area contributed by atoms with Crippen LogP contribution in [0.4, 0.5) is 0 Å². The SMILES string of the molecule is CCCCCOc1ccc(-c2ccc(-c3ccc(C(=O)N[C@H]4C[C@@H](O)[C@@H](O)NC(=O)[C@@H]5[C@@H](O)[C@@H](C)CN5C(=O)[C@H]([C@@H](C)O)NC(=O)[C@H]([C@H](O)[C@@H](O)c5ccc([P+]([O-])(O)O)cc5)NC(=O)[C@@H]5C[C@@H](O)CN5C(=O)[C@H]([C@@H](C)O)N=C4[O-])cc3)cc2)cc1.[Na+]. The third-order valence-electron chi connectivity index (χ3n) is 15.3. The Labute approximate surface area is 518 Å². The Balaban J connectivity index is 0.0000118. The Kier molecular flexibility index (Phi) is 24.3. The molecule has 15 atom stereocenters. The Hall–Kier alpha value is -6.04. The fourth-order valence-corrected chi connectivity index (χ4v) is 10.9. The van der Waals surface area contributed by atoms with Gasteiger partial charge in [-0.3, -0.25) is 33.8 Å². The summed E-state index contributed by atoms with van der Waals surface area (Å²) in [5.41, 5.74) is 3.09. The van der Waals surface area contributed by atoms with E-state index in [0.717, 1.165) is 84.7 Å². The topological polar surface area (TPSA) is 427 Å². The van der Waals surface area contributed by atoms with Crippen molar-refractivity contribution in [2.24, 2.45) is 10.9 Å². The maximum atomic E-state index is 14.5. The van der Waals surface area contributed by atoms with Gasteiger partial charge in [0.15, 0.2) is 12.3 Å². The van der Waals surface area contributed by atoms with Crippen molar-refractivity contribution < 1.29 is 124 Å². The summed E-state index contributed by atoms with van der Waals surface area (Å²) in [6.45, 7) is 5.22. The van der Waals surface area contributed by atoms with E-state index < -0.39 is 172 Å². The van der Waals surface area contributed by atoms with Crippen LogP contribution in [-0.4, -0.2) is 201 Å². The molecule has 0 radical (unpaired) electrons. The molecular weight excluding hydrogens is 1150 g/mol. The molecule has 0 unspecified atom stereocenters. The van der Waals surface area contributed by atoms with Gasteiger partial charge in [0.2, 0.25) is 23.6 Å². The Morgan fingerprint density at radius 2 is 1.28 bits per heavy atom. The first-order valence-electron chi connectivity index (χ1n) is 27.8. The minimum atomic E-state index is -4.81. The second-order valence-corrected chi connectivity index (χ2v) is 23.4. The number of aliphatic hydroxyl groups is 8. The zero-order valence-electron chi connectivity index (χ0n) is 48.0. The number of carbonyl (C=O) groups excluding carboxylic acids is 6. The molecule has 7 rings (SSSR count). The summed E-state index contributed by atoms with van der Waals surface area (Å²) in [5, 5.41) is 113. The van der Waals surface area contributed by atoms with Crippen molar-refractivity contribution in [3.63, 3.8) is 0 Å². The fourth-order valence-electron chi connectivity index (χ4n) is 10.4. The van der Waals surface area contributed by atoms with Crippen molar-refractivity contribution in [2.45, 2.75) is 145 Å². The predicted octanol–water partition coefficient (Wildman–Crippen LogP) is -6.25. The molecule has 6 amide bonds. The molecule has 3 aliphatic rings. The average Bonchev–Trinajstić information content (AvgIpc) is 2.13. The van der Waals surface area contributed by atoms with Gasteiger partial charge >= 0.3 is 29.6 Å². The van der Waals surface area contributed by atoms with Gasteiger partial charge in [0.1, 0.15) is 53.5 Å². The van der Waals surface area contributed by atoms with E-state index in [9.17, 15) is 89.4 Å². The van der Waals surface area contributed by atoms with Crippen LogP contribution in [-0.2, 0) is 24.0 Å². The van der Waals surface area contributed by atoms with Gasteiger partial charge in [-0.05, 0) is 90.4 Å². The molecule has 2 fully saturated rings. The van der Waals surface area contributed by atoms with E-state index in [2.05, 4.69) is 33.2 Å². The third-order valence-corrected chi connectivity index (χ3v) is 16.3. The molecule has 3 heterocycles. The number of hydrogen-bond acceptors (Lipinski definition) is 20. The van der Waals surface area contributed by atoms with Gasteiger partial charge in [0, 0.05) is 37.4 Å². The maximum Gasteiger partial charge on any atom is 1.00 e. The van der Waals surface area contributed by atoms with E-state index in [4.69, 9.17) is 4.74 Å². The maximum absolute atomic E-state index is 14.5. The number of benzene rings is 4. The van der Waals surface area contributed by atoms with Crippen LogP contribution in [0.3, 0.4) is 0 Å². The number of ether oxygens (including phenoxy) is 1. The van der Waals surface area contributed by atoms with Gasteiger partial charge < -0.3 is 86.7 Å². The summed E-state index contributed by atoms with van der Waals surface area (Å²) in [4.78, 5) is 122. The molecule has 0 spiro atoms. The van der Waals surface area contributed by atoms with Crippen molar-refractivity contribution in [2.75, 3.05) is 19.7 Å². The summed E-state index contributed by atoms with van der Waals surface area (Å²) in [6, 6.07) is 13.1. The summed E-state index contributed by atoms with van der Waals surface area (Å²) < 4.78 is 5.84. The van der Waals surface area contributed by atoms with Crippen LogP contribution in [0.2, 0.25) is 0 Å². The number of nitrogens with one attached hydrogen (secondary N) is 4. The fraction of sp³-hybridized carbons (Fsp3) is 0.466. The third kappa shape index (κ3) is 16.8. The number of amides is 6. The summed E-state index contributed by atoms with van der Waals surface area (Å²) in [6.07, 6.45) is -14.4. The molecule has 28 heteroatoms. The molecule has 460 valence electrons. The second-order valence-electron chi connectivity index (χ2n) is 21.8. The van der Waals surface area contributed by atoms with Crippen molar-refractivity contribution >= 4 is 54.6 Å². The zero-order chi connectivity index (χ0) is 62.2. The van der Waals surface area contributed by atoms with Gasteiger partial charge in [-0.1, -0.05) is 87.4 Å². The van der Waals surface area contributed by atoms with Crippen LogP contribution in [0, 0.1) is 5.92 Å². The van der Waals surface area contributed by atoms with Gasteiger partial charge in [-0.2, -0.15) is 0 Å². The van der Waals surface area contributed by atoms with Crippen LogP contribution < -0.4 is 70.9 Å². The van der Waals surface area contributed by atoms with Crippen LogP contribution in [0.25, 0.3) is 22.3 Å². The first-order valence-corrected chi connectivity index (χ1v) is 29.4. The van der Waals surface area contributed by atoms with Gasteiger partial charge in [0.05, 0.1) is 37.1 Å². The zero-order valence-corrected chi connectivity index (χ0v) is 50.9. The Morgan fingerprint density at radius 1 is 0.721 bits per heavy atom. The first-order chi connectivity index (χ1) is 40.2. The summed E-state index contributed by atoms with van der Waals surface area (Å²) in [5.74, 6) is -9.03. The summed E-state index contributed by atoms with van der Waals surface area (Å²) >= 11 is 0. The summed E-state index contributed by atoms with van der Waals surface area (Å²) in [7, 11) is -4.81. The van der Waals surface area contributed by atoms with Crippen LogP contribution in [0.5, 0.6) is 5.75 Å². The van der Waals surface area contributed by atoms with Crippen LogP contribution in [0.15, 0.2) is 102 Å². The number of aliphatic imine (C=N–C) groups is 1. The quantitative estimate of drug-likeness (QED) is 0.0299. The Bertz CT molecular complexity index is 3010. The van der Waals surface area contributed by atoms with Gasteiger partial charge in [-0.15, -0.1) is 0 Å². The monoisotopic (exact) mass is 1230 g/mol. The number of aliphatic hydroxyl groups excluding tert-OH is 8. The van der Waals surface area contributed by atoms with E-state index in [1.807, 2.05) is 48.5 Å². The molecule has 0 saturated carbocycles. The van der Waals surface area contributed by atoms with E-state index >= 15 is 0 Å². The normalized spacial score (nSPS) is 26.9. The van der Waals surface area contributed by atoms with Crippen molar-refractivity contribution in [1.82, 2.24) is 31.1 Å². The van der Waals surface area contributed by atoms with Crippen molar-refractivity contribution in [3.05, 3.63) is 108 Å². The second kappa shape index (κ2) is 30.2. The molecule has 4 aromatic carbocycles. The molecule has 26 nitrogen and oxygen atoms in total. The number of unbranched alkanes of at least 4 members (excludes halogenated alkanes) is 2. The molecule has 0 aliphatic carbocycles. The number of rotatable bonds is 15. The first kappa shape index (κ1) is 69.1. The van der Waals surface area contributed by atoms with Gasteiger partial charge in [-0.25, -0.2) is 9.79 Å². The number of hydrogen-bond donors (Lipinski definition) is 14. The molecular formula is C58H73N7NaO19P. The van der Waals surface area contributed by atoms with Crippen LogP contribution in [0.1, 0.15) is 81.8 Å². The number of fused-ring (bicyclic) bond motifs is 2. The van der Waals surface area contributed by atoms with E-state index in [1.165, 1.54) is 19.1 Å². The van der Waals surface area contributed by atoms with E-state index in [1.54, 1.807) is 12.1 Å². The molecule has 0 aromatic heterocycles. The molecule has 14 N–H and O–H groups in total. The smallest absolute Gasteiger partial charge is 0.861 e. The van der Waals surface area contributed by atoms with Crippen molar-refractivity contribution in [1.29, 1.82) is 0 Å². The molecule has 3 aliphatic heterocycles. The standard InChI is InChI=1S/C58H74N7O19P.Na/c1-5-6-7-24-84-39-20-16-35(17-21-39)33-10-8-32(9-11-33)34-12-14-37(15-13-34)51(73)59-41-26-43(69)54(76)63-56(78)47-48(70)29(2)27-65(47)58(80)45(31(4)67)61-55(77)46(50(72)49(71)36-18-22-40(23-19-36)85(81,82)83)62-53(75)42-25-38(68)28-64(42)57(79)44(30(3)66)60-52(41)74;/h8-23,29-31,38,41-50,54,66-72,76H,5-7,24-28H2,1-4H3,(H,59,73)(H,60,74)(H,61,77)(H,62,75)(H,63,78)(H2,81,82,83);/q;+1/p-1/t29-,30+,31+,38+,41-,42-,43+,44-,45-,46-,47-,48-,49-,50-,54+;/m0./s1. The predicted molar refractivity (Wildman–Crippen MR) is 302 cm³/mol. The Morgan fingerprint density at radius 3 is 1.83 bits per heavy atom. The molecule has 2 saturated heterocycles. The molecule has 4 aromatic rings. The molecule has 0 bridgehead atoms. The molecule has 86 heavy (non-hydrogen) atoms. The van der Waals surface area contributed by atoms with E-state index in [0.29, 0.717) is 17.1 Å². The number of nitrogens with zero attached hydrogens (tertiary/aromatic N) is 3.